The Labute approximate surface area is 163 Å². The second kappa shape index (κ2) is 7.16. The van der Waals surface area contributed by atoms with E-state index in [0.29, 0.717) is 35.6 Å². The zero-order valence-electron chi connectivity index (χ0n) is 15.2. The van der Waals surface area contributed by atoms with Crippen molar-refractivity contribution in [2.75, 3.05) is 11.4 Å². The molecule has 0 aliphatic carbocycles. The Kier molecular flexibility index (Phi) is 4.70. The van der Waals surface area contributed by atoms with E-state index in [1.807, 2.05) is 24.3 Å². The van der Waals surface area contributed by atoms with E-state index in [-0.39, 0.29) is 11.8 Å². The van der Waals surface area contributed by atoms with Gasteiger partial charge in [0.1, 0.15) is 0 Å². The molecule has 0 N–H and O–H groups in total. The van der Waals surface area contributed by atoms with Gasteiger partial charge in [0.15, 0.2) is 5.82 Å². The van der Waals surface area contributed by atoms with Crippen molar-refractivity contribution in [3.63, 3.8) is 0 Å². The summed E-state index contributed by atoms with van der Waals surface area (Å²) in [7, 11) is 0. The lowest BCUT2D eigenvalue weighted by Gasteiger charge is -2.16. The standard InChI is InChI=1S/C21H20ClN3O2/c1-13(2)14-3-5-15(6-4-14)21-23-20(24-27-21)16-11-19(26)25(12-16)18-9-7-17(22)8-10-18/h3-10,13,16H,11-12H2,1-2H3. The molecule has 2 aromatic carbocycles. The molecule has 1 saturated heterocycles. The van der Waals surface area contributed by atoms with Crippen LogP contribution in [0.15, 0.2) is 53.1 Å². The first-order chi connectivity index (χ1) is 13.0. The van der Waals surface area contributed by atoms with Crippen molar-refractivity contribution in [2.24, 2.45) is 0 Å². The highest BCUT2D eigenvalue weighted by atomic mass is 35.5. The van der Waals surface area contributed by atoms with Gasteiger partial charge in [0.25, 0.3) is 5.89 Å². The summed E-state index contributed by atoms with van der Waals surface area (Å²) < 4.78 is 5.45. The van der Waals surface area contributed by atoms with Gasteiger partial charge >= 0.3 is 0 Å². The van der Waals surface area contributed by atoms with E-state index < -0.39 is 0 Å². The van der Waals surface area contributed by atoms with Crippen LogP contribution in [0.1, 0.15) is 43.5 Å². The van der Waals surface area contributed by atoms with Crippen molar-refractivity contribution in [1.29, 1.82) is 0 Å². The van der Waals surface area contributed by atoms with Crippen LogP contribution in [-0.2, 0) is 4.79 Å². The fourth-order valence-corrected chi connectivity index (χ4v) is 3.41. The molecule has 1 amide bonds. The molecular weight excluding hydrogens is 362 g/mol. The highest BCUT2D eigenvalue weighted by Crippen LogP contribution is 2.32. The average molecular weight is 382 g/mol. The van der Waals surface area contributed by atoms with Crippen LogP contribution in [0.2, 0.25) is 5.02 Å². The number of anilines is 1. The molecule has 1 fully saturated rings. The Morgan fingerprint density at radius 3 is 2.48 bits per heavy atom. The molecule has 1 aromatic heterocycles. The van der Waals surface area contributed by atoms with Gasteiger partial charge in [0.2, 0.25) is 5.91 Å². The van der Waals surface area contributed by atoms with Gasteiger partial charge in [-0.25, -0.2) is 0 Å². The number of carbonyl (C=O) groups excluding carboxylic acids is 1. The largest absolute Gasteiger partial charge is 0.334 e. The topological polar surface area (TPSA) is 59.2 Å². The summed E-state index contributed by atoms with van der Waals surface area (Å²) in [5.41, 5.74) is 2.98. The molecule has 0 spiro atoms. The van der Waals surface area contributed by atoms with Crippen LogP contribution in [-0.4, -0.2) is 22.6 Å². The maximum atomic E-state index is 12.4. The minimum atomic E-state index is -0.0828. The first-order valence-corrected chi connectivity index (χ1v) is 9.39. The fourth-order valence-electron chi connectivity index (χ4n) is 3.28. The Bertz CT molecular complexity index is 948. The molecule has 27 heavy (non-hydrogen) atoms. The number of halogens is 1. The smallest absolute Gasteiger partial charge is 0.257 e. The third-order valence-electron chi connectivity index (χ3n) is 4.89. The van der Waals surface area contributed by atoms with Gasteiger partial charge in [-0.3, -0.25) is 4.79 Å². The van der Waals surface area contributed by atoms with Gasteiger partial charge in [0.05, 0.1) is 0 Å². The molecule has 138 valence electrons. The first-order valence-electron chi connectivity index (χ1n) is 9.01. The zero-order valence-corrected chi connectivity index (χ0v) is 16.0. The number of aromatic nitrogens is 2. The van der Waals surface area contributed by atoms with Crippen molar-refractivity contribution >= 4 is 23.2 Å². The number of nitrogens with zero attached hydrogens (tertiary/aromatic N) is 3. The van der Waals surface area contributed by atoms with Crippen molar-refractivity contribution in [1.82, 2.24) is 10.1 Å². The molecule has 1 aliphatic heterocycles. The molecule has 3 aromatic rings. The summed E-state index contributed by atoms with van der Waals surface area (Å²) in [6.07, 6.45) is 0.369. The molecule has 0 radical (unpaired) electrons. The Balaban J connectivity index is 1.52. The number of carbonyl (C=O) groups is 1. The highest BCUT2D eigenvalue weighted by molar-refractivity contribution is 6.30. The minimum Gasteiger partial charge on any atom is -0.334 e. The van der Waals surface area contributed by atoms with Gasteiger partial charge < -0.3 is 9.42 Å². The van der Waals surface area contributed by atoms with E-state index in [9.17, 15) is 4.79 Å². The normalized spacial score (nSPS) is 17.1. The van der Waals surface area contributed by atoms with Crippen LogP contribution >= 0.6 is 11.6 Å². The summed E-state index contributed by atoms with van der Waals surface area (Å²) >= 11 is 5.93. The van der Waals surface area contributed by atoms with E-state index in [4.69, 9.17) is 16.1 Å². The minimum absolute atomic E-state index is 0.0509. The SMILES string of the molecule is CC(C)c1ccc(-c2nc(C3CC(=O)N(c4ccc(Cl)cc4)C3)no2)cc1. The third kappa shape index (κ3) is 3.60. The van der Waals surface area contributed by atoms with Crippen LogP contribution in [0.4, 0.5) is 5.69 Å². The molecule has 6 heteroatoms. The zero-order chi connectivity index (χ0) is 19.0. The van der Waals surface area contributed by atoms with Gasteiger partial charge in [0, 0.05) is 35.2 Å². The molecule has 0 saturated carbocycles. The maximum absolute atomic E-state index is 12.4. The Morgan fingerprint density at radius 2 is 1.81 bits per heavy atom. The van der Waals surface area contributed by atoms with Gasteiger partial charge in [-0.15, -0.1) is 0 Å². The number of hydrogen-bond donors (Lipinski definition) is 0. The lowest BCUT2D eigenvalue weighted by Crippen LogP contribution is -2.24. The van der Waals surface area contributed by atoms with Crippen molar-refractivity contribution in [3.05, 3.63) is 64.9 Å². The highest BCUT2D eigenvalue weighted by Gasteiger charge is 2.34. The van der Waals surface area contributed by atoms with E-state index >= 15 is 0 Å². The molecule has 1 atom stereocenters. The van der Waals surface area contributed by atoms with Crippen LogP contribution < -0.4 is 4.90 Å². The molecule has 0 bridgehead atoms. The van der Waals surface area contributed by atoms with E-state index in [1.165, 1.54) is 5.56 Å². The third-order valence-corrected chi connectivity index (χ3v) is 5.15. The van der Waals surface area contributed by atoms with Gasteiger partial charge in [-0.1, -0.05) is 42.7 Å². The first kappa shape index (κ1) is 17.7. The second-order valence-electron chi connectivity index (χ2n) is 7.12. The number of benzene rings is 2. The predicted octanol–water partition coefficient (Wildman–Crippen LogP) is 5.03. The van der Waals surface area contributed by atoms with Crippen LogP contribution in [0.5, 0.6) is 0 Å². The summed E-state index contributed by atoms with van der Waals surface area (Å²) in [6, 6.07) is 15.4. The number of amides is 1. The molecule has 4 rings (SSSR count). The second-order valence-corrected chi connectivity index (χ2v) is 7.55. The molecule has 2 heterocycles. The fraction of sp³-hybridized carbons (Fsp3) is 0.286. The van der Waals surface area contributed by atoms with Crippen molar-refractivity contribution in [3.8, 4) is 11.5 Å². The lowest BCUT2D eigenvalue weighted by molar-refractivity contribution is -0.117. The maximum Gasteiger partial charge on any atom is 0.257 e. The number of rotatable bonds is 4. The van der Waals surface area contributed by atoms with E-state index in [2.05, 4.69) is 36.1 Å². The quantitative estimate of drug-likeness (QED) is 0.635. The molecular formula is C21H20ClN3O2. The summed E-state index contributed by atoms with van der Waals surface area (Å²) in [5.74, 6) is 1.50. The molecule has 1 unspecified atom stereocenters. The van der Waals surface area contributed by atoms with Crippen molar-refractivity contribution in [2.45, 2.75) is 32.1 Å². The monoisotopic (exact) mass is 381 g/mol. The van der Waals surface area contributed by atoms with Crippen LogP contribution in [0.3, 0.4) is 0 Å². The van der Waals surface area contributed by atoms with Gasteiger partial charge in [-0.2, -0.15) is 4.98 Å². The van der Waals surface area contributed by atoms with E-state index in [0.717, 1.165) is 11.3 Å². The summed E-state index contributed by atoms with van der Waals surface area (Å²) in [5, 5.41) is 4.77. The summed E-state index contributed by atoms with van der Waals surface area (Å²) in [4.78, 5) is 18.7. The average Bonchev–Trinajstić information content (AvgIpc) is 3.29. The Morgan fingerprint density at radius 1 is 1.11 bits per heavy atom. The molecule has 1 aliphatic rings. The Hall–Kier alpha value is -2.66. The van der Waals surface area contributed by atoms with Crippen molar-refractivity contribution < 1.29 is 9.32 Å². The van der Waals surface area contributed by atoms with Crippen LogP contribution in [0.25, 0.3) is 11.5 Å². The molecule has 5 nitrogen and oxygen atoms in total. The predicted molar refractivity (Wildman–Crippen MR) is 105 cm³/mol. The summed E-state index contributed by atoms with van der Waals surface area (Å²) in [6.45, 7) is 4.85. The lowest BCUT2D eigenvalue weighted by atomic mass is 10.0. The number of hydrogen-bond acceptors (Lipinski definition) is 4. The van der Waals surface area contributed by atoms with Gasteiger partial charge in [-0.05, 0) is 47.9 Å². The van der Waals surface area contributed by atoms with Crippen LogP contribution in [0, 0.1) is 0 Å². The van der Waals surface area contributed by atoms with E-state index in [1.54, 1.807) is 17.0 Å².